The Morgan fingerprint density at radius 2 is 1.77 bits per heavy atom. The summed E-state index contributed by atoms with van der Waals surface area (Å²) in [4.78, 5) is 18.7. The number of hydrogen-bond acceptors (Lipinski definition) is 2. The highest BCUT2D eigenvalue weighted by atomic mass is 16.2. The summed E-state index contributed by atoms with van der Waals surface area (Å²) in [6.45, 7) is 0.691. The Balaban J connectivity index is 1.91. The molecule has 0 atom stereocenters. The largest absolute Gasteiger partial charge is 0.355 e. The fourth-order valence-electron chi connectivity index (χ4n) is 3.88. The van der Waals surface area contributed by atoms with Crippen molar-refractivity contribution in [3.63, 3.8) is 0 Å². The van der Waals surface area contributed by atoms with Gasteiger partial charge in [0.25, 0.3) is 0 Å². The van der Waals surface area contributed by atoms with Crippen LogP contribution in [-0.2, 0) is 4.79 Å². The lowest BCUT2D eigenvalue weighted by atomic mass is 9.84. The minimum Gasteiger partial charge on any atom is -0.355 e. The normalized spacial score (nSPS) is 22.4. The molecule has 2 fully saturated rings. The zero-order valence-corrected chi connectivity index (χ0v) is 14.5. The maximum absolute atomic E-state index is 12.6. The summed E-state index contributed by atoms with van der Waals surface area (Å²) in [7, 11) is 5.53. The van der Waals surface area contributed by atoms with Gasteiger partial charge >= 0.3 is 0 Å². The van der Waals surface area contributed by atoms with Crippen molar-refractivity contribution in [3.05, 3.63) is 0 Å². The molecule has 22 heavy (non-hydrogen) atoms. The van der Waals surface area contributed by atoms with Crippen LogP contribution < -0.4 is 10.6 Å². The van der Waals surface area contributed by atoms with E-state index >= 15 is 0 Å². The lowest BCUT2D eigenvalue weighted by Crippen LogP contribution is -2.51. The van der Waals surface area contributed by atoms with Gasteiger partial charge in [-0.25, -0.2) is 0 Å². The molecule has 2 saturated carbocycles. The van der Waals surface area contributed by atoms with Gasteiger partial charge in [-0.15, -0.1) is 0 Å². The first-order valence-electron chi connectivity index (χ1n) is 8.76. The fourth-order valence-corrected chi connectivity index (χ4v) is 3.88. The summed E-state index contributed by atoms with van der Waals surface area (Å²) >= 11 is 0. The van der Waals surface area contributed by atoms with E-state index in [0.717, 1.165) is 31.6 Å². The van der Waals surface area contributed by atoms with Crippen molar-refractivity contribution in [1.82, 2.24) is 15.5 Å². The second-order valence-corrected chi connectivity index (χ2v) is 7.09. The number of carbonyl (C=O) groups excluding carboxylic acids is 1. The first kappa shape index (κ1) is 17.1. The third-order valence-corrected chi connectivity index (χ3v) is 5.18. The number of rotatable bonds is 4. The maximum Gasteiger partial charge on any atom is 0.230 e. The molecule has 0 unspecified atom stereocenters. The van der Waals surface area contributed by atoms with Crippen LogP contribution in [0.3, 0.4) is 0 Å². The molecule has 1 amide bonds. The van der Waals surface area contributed by atoms with Gasteiger partial charge in [-0.2, -0.15) is 0 Å². The molecule has 126 valence electrons. The van der Waals surface area contributed by atoms with Gasteiger partial charge in [0.2, 0.25) is 5.91 Å². The monoisotopic (exact) mass is 308 g/mol. The van der Waals surface area contributed by atoms with E-state index in [2.05, 4.69) is 15.6 Å². The number of nitrogens with one attached hydrogen (secondary N) is 2. The summed E-state index contributed by atoms with van der Waals surface area (Å²) in [6, 6.07) is 0.532. The lowest BCUT2D eigenvalue weighted by Gasteiger charge is -2.32. The molecule has 0 aromatic carbocycles. The number of hydrogen-bond donors (Lipinski definition) is 2. The van der Waals surface area contributed by atoms with E-state index < -0.39 is 0 Å². The molecule has 0 spiro atoms. The quantitative estimate of drug-likeness (QED) is 0.618. The summed E-state index contributed by atoms with van der Waals surface area (Å²) in [5.41, 5.74) is -0.242. The van der Waals surface area contributed by atoms with Crippen LogP contribution in [0.5, 0.6) is 0 Å². The summed E-state index contributed by atoms with van der Waals surface area (Å²) in [6.07, 6.45) is 10.7. The average Bonchev–Trinajstić information content (AvgIpc) is 3.01. The zero-order chi connectivity index (χ0) is 16.0. The number of guanidine groups is 1. The molecule has 0 radical (unpaired) electrons. The van der Waals surface area contributed by atoms with E-state index in [1.807, 2.05) is 21.1 Å². The zero-order valence-electron chi connectivity index (χ0n) is 14.5. The maximum atomic E-state index is 12.6. The second kappa shape index (κ2) is 7.84. The highest BCUT2D eigenvalue weighted by Crippen LogP contribution is 2.38. The van der Waals surface area contributed by atoms with E-state index in [9.17, 15) is 4.79 Å². The van der Waals surface area contributed by atoms with Crippen molar-refractivity contribution in [1.29, 1.82) is 0 Å². The number of aliphatic imine (C=N–C) groups is 1. The van der Waals surface area contributed by atoms with Gasteiger partial charge in [-0.1, -0.05) is 32.1 Å². The Bertz CT molecular complexity index is 393. The molecule has 0 aromatic heterocycles. The Labute approximate surface area is 134 Å². The first-order chi connectivity index (χ1) is 10.6. The molecule has 0 heterocycles. The third kappa shape index (κ3) is 4.14. The van der Waals surface area contributed by atoms with Crippen LogP contribution in [0.2, 0.25) is 0 Å². The minimum atomic E-state index is -0.242. The van der Waals surface area contributed by atoms with Crippen molar-refractivity contribution < 1.29 is 4.79 Å². The molecule has 2 rings (SSSR count). The van der Waals surface area contributed by atoms with Gasteiger partial charge < -0.3 is 15.5 Å². The van der Waals surface area contributed by atoms with E-state index in [0.29, 0.717) is 12.6 Å². The van der Waals surface area contributed by atoms with Gasteiger partial charge in [0.05, 0.1) is 5.41 Å². The van der Waals surface area contributed by atoms with Crippen LogP contribution in [0.4, 0.5) is 0 Å². The average molecular weight is 308 g/mol. The molecule has 0 saturated heterocycles. The van der Waals surface area contributed by atoms with Crippen molar-refractivity contribution in [2.24, 2.45) is 10.4 Å². The SMILES string of the molecule is CN=C(NCC1(C(=O)N(C)C)CCCC1)NC1CCCCC1. The van der Waals surface area contributed by atoms with Gasteiger partial charge in [0.15, 0.2) is 5.96 Å². The van der Waals surface area contributed by atoms with Crippen LogP contribution in [0.25, 0.3) is 0 Å². The van der Waals surface area contributed by atoms with E-state index in [1.54, 1.807) is 4.90 Å². The van der Waals surface area contributed by atoms with Gasteiger partial charge in [0.1, 0.15) is 0 Å². The molecule has 5 heteroatoms. The lowest BCUT2D eigenvalue weighted by molar-refractivity contribution is -0.138. The van der Waals surface area contributed by atoms with Crippen LogP contribution in [0, 0.1) is 5.41 Å². The standard InChI is InChI=1S/C17H32N4O/c1-18-16(20-14-9-5-4-6-10-14)19-13-17(11-7-8-12-17)15(22)21(2)3/h14H,4-13H2,1-3H3,(H2,18,19,20). The Hall–Kier alpha value is -1.26. The molecule has 0 bridgehead atoms. The number of nitrogens with zero attached hydrogens (tertiary/aromatic N) is 2. The molecule has 0 aromatic rings. The summed E-state index contributed by atoms with van der Waals surface area (Å²) in [5, 5.41) is 6.96. The molecule has 0 aliphatic heterocycles. The predicted molar refractivity (Wildman–Crippen MR) is 91.0 cm³/mol. The molecular formula is C17H32N4O. The highest BCUT2D eigenvalue weighted by molar-refractivity contribution is 5.85. The van der Waals surface area contributed by atoms with Gasteiger partial charge in [-0.05, 0) is 25.7 Å². The van der Waals surface area contributed by atoms with Crippen LogP contribution in [-0.4, -0.2) is 50.5 Å². The molecule has 2 aliphatic carbocycles. The minimum absolute atomic E-state index is 0.242. The van der Waals surface area contributed by atoms with Gasteiger partial charge in [-0.3, -0.25) is 9.79 Å². The predicted octanol–water partition coefficient (Wildman–Crippen LogP) is 2.13. The molecule has 2 aliphatic rings. The van der Waals surface area contributed by atoms with Crippen molar-refractivity contribution in [2.45, 2.75) is 63.8 Å². The van der Waals surface area contributed by atoms with Crippen molar-refractivity contribution in [3.8, 4) is 0 Å². The van der Waals surface area contributed by atoms with Crippen molar-refractivity contribution in [2.75, 3.05) is 27.7 Å². The number of amides is 1. The molecule has 2 N–H and O–H groups in total. The molecule has 5 nitrogen and oxygen atoms in total. The van der Waals surface area contributed by atoms with Crippen LogP contribution in [0.15, 0.2) is 4.99 Å². The Morgan fingerprint density at radius 3 is 2.32 bits per heavy atom. The topological polar surface area (TPSA) is 56.7 Å². The van der Waals surface area contributed by atoms with Crippen LogP contribution >= 0.6 is 0 Å². The highest BCUT2D eigenvalue weighted by Gasteiger charge is 2.42. The van der Waals surface area contributed by atoms with E-state index in [4.69, 9.17) is 0 Å². The first-order valence-corrected chi connectivity index (χ1v) is 8.76. The van der Waals surface area contributed by atoms with E-state index in [1.165, 1.54) is 32.1 Å². The smallest absolute Gasteiger partial charge is 0.230 e. The Kier molecular flexibility index (Phi) is 6.09. The molecular weight excluding hydrogens is 276 g/mol. The number of carbonyl (C=O) groups is 1. The second-order valence-electron chi connectivity index (χ2n) is 7.09. The van der Waals surface area contributed by atoms with Crippen LogP contribution in [0.1, 0.15) is 57.8 Å². The van der Waals surface area contributed by atoms with E-state index in [-0.39, 0.29) is 11.3 Å². The summed E-state index contributed by atoms with van der Waals surface area (Å²) < 4.78 is 0. The summed E-state index contributed by atoms with van der Waals surface area (Å²) in [5.74, 6) is 1.11. The third-order valence-electron chi connectivity index (χ3n) is 5.18. The Morgan fingerprint density at radius 1 is 1.14 bits per heavy atom. The fraction of sp³-hybridized carbons (Fsp3) is 0.882. The van der Waals surface area contributed by atoms with Crippen molar-refractivity contribution >= 4 is 11.9 Å². The van der Waals surface area contributed by atoms with Gasteiger partial charge in [0, 0.05) is 33.7 Å².